The molecule has 1 aromatic carbocycles. The zero-order chi connectivity index (χ0) is 24.3. The van der Waals surface area contributed by atoms with E-state index in [9.17, 15) is 21.6 Å². The van der Waals surface area contributed by atoms with Gasteiger partial charge in [-0.2, -0.15) is 21.6 Å². The summed E-state index contributed by atoms with van der Waals surface area (Å²) in [6.45, 7) is 6.26. The molecule has 0 spiro atoms. The summed E-state index contributed by atoms with van der Waals surface area (Å²) in [5.41, 5.74) is -3.87. The lowest BCUT2D eigenvalue weighted by atomic mass is 9.71. The molecule has 1 atom stereocenters. The van der Waals surface area contributed by atoms with Crippen molar-refractivity contribution in [3.05, 3.63) is 83.9 Å². The van der Waals surface area contributed by atoms with Gasteiger partial charge in [-0.3, -0.25) is 9.97 Å². The normalized spacial score (nSPS) is 14.0. The Hall–Kier alpha value is -3.14. The minimum absolute atomic E-state index is 0.0518. The largest absolute Gasteiger partial charge is 0.534 e. The average Bonchev–Trinajstić information content (AvgIpc) is 2.77. The van der Waals surface area contributed by atoms with Crippen molar-refractivity contribution in [1.29, 1.82) is 0 Å². The van der Waals surface area contributed by atoms with Gasteiger partial charge in [0.1, 0.15) is 12.4 Å². The third kappa shape index (κ3) is 5.44. The quantitative estimate of drug-likeness (QED) is 0.324. The van der Waals surface area contributed by atoms with Gasteiger partial charge in [-0.25, -0.2) is 0 Å². The third-order valence-electron chi connectivity index (χ3n) is 5.48. The van der Waals surface area contributed by atoms with Crippen molar-refractivity contribution in [1.82, 2.24) is 9.97 Å². The van der Waals surface area contributed by atoms with E-state index in [4.69, 9.17) is 4.74 Å². The number of hydrogen-bond acceptors (Lipinski definition) is 6. The highest BCUT2D eigenvalue weighted by molar-refractivity contribution is 7.88. The monoisotopic (exact) mass is 480 g/mol. The van der Waals surface area contributed by atoms with Crippen molar-refractivity contribution in [2.45, 2.75) is 38.3 Å². The van der Waals surface area contributed by atoms with E-state index in [1.54, 1.807) is 6.20 Å². The van der Waals surface area contributed by atoms with Gasteiger partial charge in [0, 0.05) is 11.6 Å². The molecule has 0 saturated carbocycles. The van der Waals surface area contributed by atoms with Crippen LogP contribution < -0.4 is 8.92 Å². The first-order chi connectivity index (χ1) is 15.4. The molecule has 0 bridgehead atoms. The molecule has 0 aliphatic carbocycles. The number of hydrogen-bond donors (Lipinski definition) is 0. The molecular formula is C23H23F3N2O4S. The lowest BCUT2D eigenvalue weighted by Crippen LogP contribution is -2.31. The van der Waals surface area contributed by atoms with E-state index in [1.165, 1.54) is 6.07 Å². The van der Waals surface area contributed by atoms with E-state index >= 15 is 0 Å². The molecule has 6 nitrogen and oxygen atoms in total. The molecule has 10 heteroatoms. The van der Waals surface area contributed by atoms with Gasteiger partial charge in [0.05, 0.1) is 17.6 Å². The number of rotatable bonds is 8. The molecule has 0 saturated heterocycles. The van der Waals surface area contributed by atoms with E-state index in [2.05, 4.69) is 14.2 Å². The van der Waals surface area contributed by atoms with Gasteiger partial charge in [0.15, 0.2) is 5.75 Å². The molecule has 176 valence electrons. The maximum atomic E-state index is 12.6. The molecular weight excluding hydrogens is 457 g/mol. The third-order valence-corrected chi connectivity index (χ3v) is 6.46. The standard InChI is InChI=1S/C23H23F3N2O4S/c1-16(2)22(3,21-12-11-20(14-28-21)32-33(29,30)23(24,25)26)17-7-9-19(10-8-17)31-15-18-6-4-5-13-27-18/h4-14,16H,15H2,1-3H3. The van der Waals surface area contributed by atoms with Gasteiger partial charge in [0.2, 0.25) is 0 Å². The second-order valence-corrected chi connectivity index (χ2v) is 9.39. The first kappa shape index (κ1) is 24.5. The number of benzene rings is 1. The maximum absolute atomic E-state index is 12.6. The second kappa shape index (κ2) is 9.38. The lowest BCUT2D eigenvalue weighted by molar-refractivity contribution is -0.0500. The molecule has 0 N–H and O–H groups in total. The summed E-state index contributed by atoms with van der Waals surface area (Å²) in [5.74, 6) is 0.195. The van der Waals surface area contributed by atoms with Gasteiger partial charge in [-0.05, 0) is 54.8 Å². The number of halogens is 3. The van der Waals surface area contributed by atoms with E-state index in [-0.39, 0.29) is 5.92 Å². The Kier molecular flexibility index (Phi) is 6.97. The van der Waals surface area contributed by atoms with Crippen LogP contribution in [0.25, 0.3) is 0 Å². The second-order valence-electron chi connectivity index (χ2n) is 7.85. The predicted octanol–water partition coefficient (Wildman–Crippen LogP) is 5.25. The van der Waals surface area contributed by atoms with Crippen molar-refractivity contribution in [2.75, 3.05) is 0 Å². The van der Waals surface area contributed by atoms with Crippen LogP contribution in [0.15, 0.2) is 67.0 Å². The fourth-order valence-corrected chi connectivity index (χ4v) is 3.67. The van der Waals surface area contributed by atoms with E-state index < -0.39 is 26.8 Å². The van der Waals surface area contributed by atoms with Gasteiger partial charge in [-0.1, -0.05) is 32.0 Å². The topological polar surface area (TPSA) is 78.4 Å². The zero-order valence-electron chi connectivity index (χ0n) is 18.2. The highest BCUT2D eigenvalue weighted by Crippen LogP contribution is 2.39. The first-order valence-corrected chi connectivity index (χ1v) is 11.4. The van der Waals surface area contributed by atoms with Crippen LogP contribution in [0, 0.1) is 5.92 Å². The minimum atomic E-state index is -5.76. The van der Waals surface area contributed by atoms with Crippen molar-refractivity contribution >= 4 is 10.1 Å². The molecule has 0 radical (unpaired) electrons. The number of nitrogens with zero attached hydrogens (tertiary/aromatic N) is 2. The Morgan fingerprint density at radius 1 is 0.939 bits per heavy atom. The van der Waals surface area contributed by atoms with Gasteiger partial charge in [0.25, 0.3) is 0 Å². The highest BCUT2D eigenvalue weighted by Gasteiger charge is 2.48. The van der Waals surface area contributed by atoms with Crippen LogP contribution in [0.2, 0.25) is 0 Å². The number of pyridine rings is 2. The molecule has 2 aromatic heterocycles. The molecule has 3 rings (SSSR count). The molecule has 2 heterocycles. The maximum Gasteiger partial charge on any atom is 0.534 e. The first-order valence-electron chi connectivity index (χ1n) is 10.0. The van der Waals surface area contributed by atoms with Crippen molar-refractivity contribution < 1.29 is 30.5 Å². The highest BCUT2D eigenvalue weighted by atomic mass is 32.2. The Bertz CT molecular complexity index is 1170. The molecule has 3 aromatic rings. The molecule has 0 fully saturated rings. The smallest absolute Gasteiger partial charge is 0.487 e. The van der Waals surface area contributed by atoms with Crippen LogP contribution >= 0.6 is 0 Å². The summed E-state index contributed by atoms with van der Waals surface area (Å²) < 4.78 is 70.0. The number of alkyl halides is 3. The summed E-state index contributed by atoms with van der Waals surface area (Å²) in [7, 11) is -5.76. The molecule has 0 amide bonds. The van der Waals surface area contributed by atoms with E-state index in [0.29, 0.717) is 18.1 Å². The van der Waals surface area contributed by atoms with Crippen LogP contribution in [0.5, 0.6) is 11.5 Å². The average molecular weight is 481 g/mol. The Morgan fingerprint density at radius 3 is 2.12 bits per heavy atom. The SMILES string of the molecule is CC(C)C(C)(c1ccc(OCc2ccccn2)cc1)c1ccc(OS(=O)(=O)C(F)(F)F)cn1. The van der Waals surface area contributed by atoms with Crippen molar-refractivity contribution in [2.24, 2.45) is 5.92 Å². The Balaban J connectivity index is 1.80. The molecule has 33 heavy (non-hydrogen) atoms. The Labute approximate surface area is 190 Å². The minimum Gasteiger partial charge on any atom is -0.487 e. The van der Waals surface area contributed by atoms with Gasteiger partial charge in [-0.15, -0.1) is 0 Å². The summed E-state index contributed by atoms with van der Waals surface area (Å²) in [6.07, 6.45) is 2.67. The predicted molar refractivity (Wildman–Crippen MR) is 116 cm³/mol. The van der Waals surface area contributed by atoms with Crippen LogP contribution in [-0.4, -0.2) is 23.9 Å². The Morgan fingerprint density at radius 2 is 1.61 bits per heavy atom. The number of aromatic nitrogens is 2. The number of ether oxygens (including phenoxy) is 1. The molecule has 0 aliphatic rings. The summed E-state index contributed by atoms with van der Waals surface area (Å²) in [4.78, 5) is 8.43. The fraction of sp³-hybridized carbons (Fsp3) is 0.304. The lowest BCUT2D eigenvalue weighted by Gasteiger charge is -2.34. The van der Waals surface area contributed by atoms with Gasteiger partial charge >= 0.3 is 15.6 Å². The summed E-state index contributed by atoms with van der Waals surface area (Å²) in [6, 6.07) is 15.6. The molecule has 1 unspecified atom stereocenters. The van der Waals surface area contributed by atoms with Crippen LogP contribution in [-0.2, 0) is 22.1 Å². The van der Waals surface area contributed by atoms with E-state index in [1.807, 2.05) is 63.2 Å². The van der Waals surface area contributed by atoms with Gasteiger partial charge < -0.3 is 8.92 Å². The summed E-state index contributed by atoms with van der Waals surface area (Å²) >= 11 is 0. The zero-order valence-corrected chi connectivity index (χ0v) is 19.0. The van der Waals surface area contributed by atoms with Crippen molar-refractivity contribution in [3.63, 3.8) is 0 Å². The van der Waals surface area contributed by atoms with Crippen LogP contribution in [0.1, 0.15) is 37.7 Å². The fourth-order valence-electron chi connectivity index (χ4n) is 3.23. The van der Waals surface area contributed by atoms with Crippen LogP contribution in [0.3, 0.4) is 0 Å². The van der Waals surface area contributed by atoms with E-state index in [0.717, 1.165) is 23.5 Å². The molecule has 0 aliphatic heterocycles. The van der Waals surface area contributed by atoms with Crippen LogP contribution in [0.4, 0.5) is 13.2 Å². The summed E-state index contributed by atoms with van der Waals surface area (Å²) in [5, 5.41) is 0. The van der Waals surface area contributed by atoms with Crippen molar-refractivity contribution in [3.8, 4) is 11.5 Å².